The largest absolute Gasteiger partial charge is 0.357 e. The molecule has 8 heteroatoms. The Bertz CT molecular complexity index is 956. The van der Waals surface area contributed by atoms with Gasteiger partial charge in [-0.2, -0.15) is 14.5 Å². The van der Waals surface area contributed by atoms with Crippen LogP contribution in [0.15, 0.2) is 42.6 Å². The summed E-state index contributed by atoms with van der Waals surface area (Å²) in [6.07, 6.45) is 1.86. The molecule has 3 aromatic rings. The second-order valence-corrected chi connectivity index (χ2v) is 7.81. The van der Waals surface area contributed by atoms with Gasteiger partial charge in [-0.05, 0) is 13.0 Å². The Hall–Kier alpha value is -2.74. The number of fused-ring (bicyclic) bond motifs is 1. The SMILES string of the molecule is CCn1ccc(C(=O)N2C[C@@H]3C(Nc4nc(-c5ccccc5)ns4)[C@@H]3C2)n1. The first-order chi connectivity index (χ1) is 13.2. The molecule has 138 valence electrons. The van der Waals surface area contributed by atoms with Gasteiger partial charge in [0, 0.05) is 60.8 Å². The first-order valence-corrected chi connectivity index (χ1v) is 9.98. The molecule has 0 bridgehead atoms. The highest BCUT2D eigenvalue weighted by Gasteiger charge is 2.57. The third-order valence-corrected chi connectivity index (χ3v) is 6.06. The number of nitrogens with one attached hydrogen (secondary N) is 1. The second-order valence-electron chi connectivity index (χ2n) is 7.05. The molecule has 1 unspecified atom stereocenters. The lowest BCUT2D eigenvalue weighted by Gasteiger charge is -2.19. The molecule has 1 saturated heterocycles. The maximum absolute atomic E-state index is 12.6. The van der Waals surface area contributed by atoms with E-state index in [4.69, 9.17) is 0 Å². The van der Waals surface area contributed by atoms with Gasteiger partial charge in [0.05, 0.1) is 0 Å². The van der Waals surface area contributed by atoms with Crippen LogP contribution in [0.2, 0.25) is 0 Å². The smallest absolute Gasteiger partial charge is 0.274 e. The Morgan fingerprint density at radius 3 is 2.70 bits per heavy atom. The van der Waals surface area contributed by atoms with E-state index in [1.54, 1.807) is 10.7 Å². The molecule has 2 fully saturated rings. The van der Waals surface area contributed by atoms with Crippen molar-refractivity contribution >= 4 is 22.6 Å². The van der Waals surface area contributed by atoms with E-state index in [0.717, 1.165) is 36.2 Å². The van der Waals surface area contributed by atoms with Crippen LogP contribution in [0.3, 0.4) is 0 Å². The van der Waals surface area contributed by atoms with Crippen LogP contribution >= 0.6 is 11.5 Å². The second kappa shape index (κ2) is 6.45. The first kappa shape index (κ1) is 16.4. The summed E-state index contributed by atoms with van der Waals surface area (Å²) in [5, 5.41) is 8.69. The number of likely N-dealkylation sites (tertiary alicyclic amines) is 1. The van der Waals surface area contributed by atoms with Crippen molar-refractivity contribution < 1.29 is 4.79 Å². The van der Waals surface area contributed by atoms with Gasteiger partial charge in [0.25, 0.3) is 5.91 Å². The lowest BCUT2D eigenvalue weighted by atomic mass is 10.2. The number of hydrogen-bond acceptors (Lipinski definition) is 6. The molecule has 0 spiro atoms. The number of aryl methyl sites for hydroxylation is 1. The van der Waals surface area contributed by atoms with Crippen LogP contribution in [0.4, 0.5) is 5.13 Å². The zero-order valence-electron chi connectivity index (χ0n) is 14.9. The molecule has 1 aromatic carbocycles. The summed E-state index contributed by atoms with van der Waals surface area (Å²) < 4.78 is 6.23. The van der Waals surface area contributed by atoms with Gasteiger partial charge in [-0.1, -0.05) is 30.3 Å². The number of piperidine rings is 1. The molecule has 5 rings (SSSR count). The molecule has 27 heavy (non-hydrogen) atoms. The molecule has 1 aliphatic carbocycles. The summed E-state index contributed by atoms with van der Waals surface area (Å²) in [5.74, 6) is 1.78. The van der Waals surface area contributed by atoms with E-state index < -0.39 is 0 Å². The zero-order valence-corrected chi connectivity index (χ0v) is 15.8. The van der Waals surface area contributed by atoms with Crippen LogP contribution in [0.5, 0.6) is 0 Å². The maximum Gasteiger partial charge on any atom is 0.274 e. The number of hydrogen-bond donors (Lipinski definition) is 1. The van der Waals surface area contributed by atoms with E-state index in [9.17, 15) is 4.79 Å². The highest BCUT2D eigenvalue weighted by atomic mass is 32.1. The minimum atomic E-state index is 0.0374. The molecule has 7 nitrogen and oxygen atoms in total. The predicted molar refractivity (Wildman–Crippen MR) is 104 cm³/mol. The standard InChI is InChI=1S/C19H20N6OS/c1-2-25-9-8-15(22-25)18(26)24-10-13-14(11-24)16(13)20-19-21-17(23-27-19)12-6-4-3-5-7-12/h3-9,13-14,16H,2,10-11H2,1H3,(H,20,21,23)/t13-,14+,16?. The van der Waals surface area contributed by atoms with Crippen molar-refractivity contribution in [2.24, 2.45) is 11.8 Å². The molecular formula is C19H20N6OS. The third-order valence-electron chi connectivity index (χ3n) is 5.41. The number of carbonyl (C=O) groups excluding carboxylic acids is 1. The first-order valence-electron chi connectivity index (χ1n) is 9.21. The van der Waals surface area contributed by atoms with Crippen molar-refractivity contribution in [1.29, 1.82) is 0 Å². The zero-order chi connectivity index (χ0) is 18.4. The van der Waals surface area contributed by atoms with Crippen LogP contribution in [-0.2, 0) is 6.54 Å². The van der Waals surface area contributed by atoms with Gasteiger partial charge in [0.2, 0.25) is 5.13 Å². The number of amides is 1. The van der Waals surface area contributed by atoms with E-state index in [-0.39, 0.29) is 5.91 Å². The monoisotopic (exact) mass is 380 g/mol. The molecule has 3 atom stereocenters. The van der Waals surface area contributed by atoms with Gasteiger partial charge in [0.15, 0.2) is 5.82 Å². The highest BCUT2D eigenvalue weighted by molar-refractivity contribution is 7.09. The quantitative estimate of drug-likeness (QED) is 0.736. The van der Waals surface area contributed by atoms with Crippen molar-refractivity contribution in [3.63, 3.8) is 0 Å². The van der Waals surface area contributed by atoms with Gasteiger partial charge in [-0.3, -0.25) is 9.48 Å². The Balaban J connectivity index is 1.18. The number of anilines is 1. The minimum Gasteiger partial charge on any atom is -0.357 e. The fraction of sp³-hybridized carbons (Fsp3) is 0.368. The summed E-state index contributed by atoms with van der Waals surface area (Å²) in [6, 6.07) is 12.2. The normalized spacial score (nSPS) is 23.3. The van der Waals surface area contributed by atoms with Crippen LogP contribution < -0.4 is 5.32 Å². The Morgan fingerprint density at radius 1 is 1.22 bits per heavy atom. The lowest BCUT2D eigenvalue weighted by molar-refractivity contribution is 0.0767. The van der Waals surface area contributed by atoms with Crippen molar-refractivity contribution in [2.75, 3.05) is 18.4 Å². The molecule has 0 radical (unpaired) electrons. The van der Waals surface area contributed by atoms with E-state index in [2.05, 4.69) is 19.8 Å². The summed E-state index contributed by atoms with van der Waals surface area (Å²) in [4.78, 5) is 19.1. The third kappa shape index (κ3) is 2.99. The average Bonchev–Trinajstić information content (AvgIpc) is 3.22. The van der Waals surface area contributed by atoms with E-state index >= 15 is 0 Å². The summed E-state index contributed by atoms with van der Waals surface area (Å²) >= 11 is 1.40. The summed E-state index contributed by atoms with van der Waals surface area (Å²) in [5.41, 5.74) is 1.57. The van der Waals surface area contributed by atoms with Gasteiger partial charge >= 0.3 is 0 Å². The van der Waals surface area contributed by atoms with Gasteiger partial charge < -0.3 is 10.2 Å². The number of carbonyl (C=O) groups is 1. The summed E-state index contributed by atoms with van der Waals surface area (Å²) in [6.45, 7) is 4.35. The maximum atomic E-state index is 12.6. The van der Waals surface area contributed by atoms with Gasteiger partial charge in [-0.15, -0.1) is 0 Å². The average molecular weight is 380 g/mol. The van der Waals surface area contributed by atoms with Crippen molar-refractivity contribution in [2.45, 2.75) is 19.5 Å². The molecule has 1 saturated carbocycles. The van der Waals surface area contributed by atoms with Gasteiger partial charge in [0.1, 0.15) is 5.69 Å². The molecule has 1 amide bonds. The number of rotatable bonds is 5. The van der Waals surface area contributed by atoms with Crippen molar-refractivity contribution in [1.82, 2.24) is 24.0 Å². The fourth-order valence-corrected chi connectivity index (χ4v) is 4.48. The molecular weight excluding hydrogens is 360 g/mol. The molecule has 1 N–H and O–H groups in total. The molecule has 2 aliphatic rings. The highest BCUT2D eigenvalue weighted by Crippen LogP contribution is 2.47. The van der Waals surface area contributed by atoms with Crippen LogP contribution in [0, 0.1) is 11.8 Å². The fourth-order valence-electron chi connectivity index (χ4n) is 3.85. The van der Waals surface area contributed by atoms with Gasteiger partial charge in [-0.25, -0.2) is 0 Å². The summed E-state index contributed by atoms with van der Waals surface area (Å²) in [7, 11) is 0. The van der Waals surface area contributed by atoms with Crippen molar-refractivity contribution in [3.8, 4) is 11.4 Å². The minimum absolute atomic E-state index is 0.0374. The molecule has 1 aliphatic heterocycles. The Morgan fingerprint density at radius 2 is 2.00 bits per heavy atom. The van der Waals surface area contributed by atoms with E-state index in [0.29, 0.717) is 23.6 Å². The molecule has 3 heterocycles. The van der Waals surface area contributed by atoms with Crippen LogP contribution in [0.25, 0.3) is 11.4 Å². The molecule has 2 aromatic heterocycles. The van der Waals surface area contributed by atoms with Crippen LogP contribution in [0.1, 0.15) is 17.4 Å². The number of aromatic nitrogens is 4. The Labute approximate surface area is 161 Å². The van der Waals surface area contributed by atoms with Crippen molar-refractivity contribution in [3.05, 3.63) is 48.3 Å². The van der Waals surface area contributed by atoms with Crippen LogP contribution in [-0.4, -0.2) is 49.1 Å². The number of nitrogens with zero attached hydrogens (tertiary/aromatic N) is 5. The number of benzene rings is 1. The lowest BCUT2D eigenvalue weighted by Crippen LogP contribution is -2.34. The predicted octanol–water partition coefficient (Wildman–Crippen LogP) is 2.60. The van der Waals surface area contributed by atoms with E-state index in [1.165, 1.54) is 11.5 Å². The topological polar surface area (TPSA) is 75.9 Å². The van der Waals surface area contributed by atoms with E-state index in [1.807, 2.05) is 48.4 Å². The Kier molecular flexibility index (Phi) is 3.93.